The van der Waals surface area contributed by atoms with Crippen LogP contribution in [0, 0.1) is 0 Å². The van der Waals surface area contributed by atoms with Gasteiger partial charge in [-0.3, -0.25) is 0 Å². The Hall–Kier alpha value is -1.01. The second kappa shape index (κ2) is 6.31. The van der Waals surface area contributed by atoms with Crippen molar-refractivity contribution in [1.29, 1.82) is 0 Å². The van der Waals surface area contributed by atoms with Crippen molar-refractivity contribution in [1.82, 2.24) is 0 Å². The van der Waals surface area contributed by atoms with Crippen LogP contribution in [0.5, 0.6) is 5.75 Å². The zero-order valence-electron chi connectivity index (χ0n) is 17.8. The minimum Gasteiger partial charge on any atom is -0.543 e. The summed E-state index contributed by atoms with van der Waals surface area (Å²) in [6, 6.07) is 6.43. The highest BCUT2D eigenvalue weighted by molar-refractivity contribution is 6.75. The van der Waals surface area contributed by atoms with E-state index in [9.17, 15) is 0 Å². The molecule has 1 aliphatic rings. The molecule has 25 heavy (non-hydrogen) atoms. The zero-order chi connectivity index (χ0) is 19.3. The molecule has 4 heteroatoms. The minimum absolute atomic E-state index is 0.179. The lowest BCUT2D eigenvalue weighted by atomic mass is 10.1. The summed E-state index contributed by atoms with van der Waals surface area (Å²) in [4.78, 5) is 0. The largest absolute Gasteiger partial charge is 0.543 e. The van der Waals surface area contributed by atoms with Gasteiger partial charge in [-0.25, -0.2) is 0 Å². The number of hydrogen-bond acceptors (Lipinski definition) is 2. The molecule has 0 saturated heterocycles. The molecule has 0 amide bonds. The third-order valence-electron chi connectivity index (χ3n) is 6.21. The fourth-order valence-electron chi connectivity index (χ4n) is 2.36. The SMILES string of the molecule is CC(C)(C)[Si](C)(C)OC1=CCc2cccc(O[Si](C)(C)C(C)(C)C)c21. The molecule has 1 aromatic rings. The van der Waals surface area contributed by atoms with Gasteiger partial charge in [-0.1, -0.05) is 53.7 Å². The molecule has 1 aliphatic carbocycles. The maximum Gasteiger partial charge on any atom is 0.250 e. The van der Waals surface area contributed by atoms with Gasteiger partial charge in [0.15, 0.2) is 0 Å². The van der Waals surface area contributed by atoms with Crippen molar-refractivity contribution in [2.75, 3.05) is 0 Å². The number of allylic oxidation sites excluding steroid dienone is 1. The van der Waals surface area contributed by atoms with Crippen molar-refractivity contribution >= 4 is 22.4 Å². The van der Waals surface area contributed by atoms with Gasteiger partial charge < -0.3 is 8.85 Å². The van der Waals surface area contributed by atoms with Crippen molar-refractivity contribution < 1.29 is 8.85 Å². The van der Waals surface area contributed by atoms with Gasteiger partial charge in [0.1, 0.15) is 11.5 Å². The van der Waals surface area contributed by atoms with Crippen LogP contribution in [0.4, 0.5) is 0 Å². The Morgan fingerprint density at radius 1 is 0.800 bits per heavy atom. The van der Waals surface area contributed by atoms with Crippen molar-refractivity contribution in [3.63, 3.8) is 0 Å². The second-order valence-electron chi connectivity index (χ2n) is 10.3. The van der Waals surface area contributed by atoms with Crippen LogP contribution in [0.25, 0.3) is 5.76 Å². The third-order valence-corrected chi connectivity index (χ3v) is 14.9. The lowest BCUT2D eigenvalue weighted by molar-refractivity contribution is 0.451. The summed E-state index contributed by atoms with van der Waals surface area (Å²) >= 11 is 0. The zero-order valence-corrected chi connectivity index (χ0v) is 19.8. The second-order valence-corrected chi connectivity index (χ2v) is 19.7. The first-order valence-electron chi connectivity index (χ1n) is 9.36. The van der Waals surface area contributed by atoms with Crippen molar-refractivity contribution in [2.45, 2.75) is 84.2 Å². The number of fused-ring (bicyclic) bond motifs is 1. The van der Waals surface area contributed by atoms with Crippen LogP contribution < -0.4 is 4.43 Å². The Kier molecular flexibility index (Phi) is 5.12. The maximum absolute atomic E-state index is 6.67. The minimum atomic E-state index is -1.88. The molecule has 0 saturated carbocycles. The highest BCUT2D eigenvalue weighted by Gasteiger charge is 2.42. The van der Waals surface area contributed by atoms with Gasteiger partial charge in [0.25, 0.3) is 8.32 Å². The maximum atomic E-state index is 6.67. The molecule has 0 heterocycles. The summed E-state index contributed by atoms with van der Waals surface area (Å²) in [5.41, 5.74) is 2.52. The van der Waals surface area contributed by atoms with E-state index >= 15 is 0 Å². The van der Waals surface area contributed by atoms with E-state index in [0.29, 0.717) is 0 Å². The van der Waals surface area contributed by atoms with Gasteiger partial charge in [0.2, 0.25) is 8.32 Å². The predicted octanol–water partition coefficient (Wildman–Crippen LogP) is 6.99. The standard InChI is InChI=1S/C21H36O2Si2/c1-20(2,3)24(7,8)22-17-13-11-12-16-14-15-18(19(16)17)23-25(9,10)21(4,5)6/h11-13,15H,14H2,1-10H3. The first-order valence-corrected chi connectivity index (χ1v) is 15.2. The van der Waals surface area contributed by atoms with E-state index in [4.69, 9.17) is 8.85 Å². The van der Waals surface area contributed by atoms with Gasteiger partial charge >= 0.3 is 0 Å². The molecule has 0 radical (unpaired) electrons. The molecule has 2 rings (SSSR count). The lowest BCUT2D eigenvalue weighted by Crippen LogP contribution is -2.44. The summed E-state index contributed by atoms with van der Waals surface area (Å²) in [7, 11) is -3.75. The molecule has 0 spiro atoms. The topological polar surface area (TPSA) is 18.5 Å². The molecule has 140 valence electrons. The first-order chi connectivity index (χ1) is 11.2. The molecule has 0 N–H and O–H groups in total. The monoisotopic (exact) mass is 376 g/mol. The van der Waals surface area contributed by atoms with Crippen molar-refractivity contribution in [3.8, 4) is 5.75 Å². The van der Waals surface area contributed by atoms with Crippen molar-refractivity contribution in [2.24, 2.45) is 0 Å². The van der Waals surface area contributed by atoms with Gasteiger partial charge in [-0.2, -0.15) is 0 Å². The quantitative estimate of drug-likeness (QED) is 0.527. The van der Waals surface area contributed by atoms with Crippen LogP contribution in [-0.4, -0.2) is 16.6 Å². The van der Waals surface area contributed by atoms with E-state index in [-0.39, 0.29) is 10.1 Å². The normalized spacial score (nSPS) is 15.7. The molecule has 0 aromatic heterocycles. The van der Waals surface area contributed by atoms with E-state index in [1.165, 1.54) is 11.1 Å². The highest BCUT2D eigenvalue weighted by Crippen LogP contribution is 2.45. The summed E-state index contributed by atoms with van der Waals surface area (Å²) in [6.07, 6.45) is 3.18. The molecule has 1 aromatic carbocycles. The summed E-state index contributed by atoms with van der Waals surface area (Å²) < 4.78 is 13.3. The number of rotatable bonds is 4. The highest BCUT2D eigenvalue weighted by atomic mass is 28.4. The summed E-state index contributed by atoms with van der Waals surface area (Å²) in [6.45, 7) is 22.9. The van der Waals surface area contributed by atoms with E-state index in [2.05, 4.69) is 92.0 Å². The average Bonchev–Trinajstić information content (AvgIpc) is 2.79. The average molecular weight is 377 g/mol. The predicted molar refractivity (Wildman–Crippen MR) is 114 cm³/mol. The smallest absolute Gasteiger partial charge is 0.250 e. The number of hydrogen-bond donors (Lipinski definition) is 0. The van der Waals surface area contributed by atoms with Gasteiger partial charge in [0.05, 0.1) is 5.56 Å². The van der Waals surface area contributed by atoms with Crippen LogP contribution in [0.2, 0.25) is 36.3 Å². The molecule has 0 aliphatic heterocycles. The molecule has 2 nitrogen and oxygen atoms in total. The first kappa shape index (κ1) is 20.3. The van der Waals surface area contributed by atoms with Crippen LogP contribution in [0.3, 0.4) is 0 Å². The summed E-state index contributed by atoms with van der Waals surface area (Å²) in [5, 5.41) is 0.365. The van der Waals surface area contributed by atoms with E-state index in [0.717, 1.165) is 17.9 Å². The van der Waals surface area contributed by atoms with Gasteiger partial charge in [-0.05, 0) is 60.4 Å². The molecule has 0 unspecified atom stereocenters. The molecular formula is C21H36O2Si2. The van der Waals surface area contributed by atoms with E-state index in [1.54, 1.807) is 0 Å². The van der Waals surface area contributed by atoms with Crippen molar-refractivity contribution in [3.05, 3.63) is 35.4 Å². The lowest BCUT2D eigenvalue weighted by Gasteiger charge is -2.39. The Balaban J connectivity index is 2.38. The van der Waals surface area contributed by atoms with E-state index < -0.39 is 16.6 Å². The van der Waals surface area contributed by atoms with Gasteiger partial charge in [0, 0.05) is 0 Å². The Morgan fingerprint density at radius 3 is 1.84 bits per heavy atom. The molecule has 0 bridgehead atoms. The Morgan fingerprint density at radius 2 is 1.32 bits per heavy atom. The fourth-order valence-corrected chi connectivity index (χ4v) is 4.43. The molecule has 0 atom stereocenters. The van der Waals surface area contributed by atoms with E-state index in [1.807, 2.05) is 0 Å². The molecular weight excluding hydrogens is 340 g/mol. The Labute approximate surface area is 156 Å². The van der Waals surface area contributed by atoms with Crippen LogP contribution in [-0.2, 0) is 10.8 Å². The van der Waals surface area contributed by atoms with Crippen LogP contribution in [0.15, 0.2) is 24.3 Å². The van der Waals surface area contributed by atoms with Crippen LogP contribution in [0.1, 0.15) is 52.7 Å². The van der Waals surface area contributed by atoms with Crippen LogP contribution >= 0.6 is 0 Å². The number of benzene rings is 1. The fraction of sp³-hybridized carbons (Fsp3) is 0.619. The molecule has 0 fully saturated rings. The third kappa shape index (κ3) is 4.05. The van der Waals surface area contributed by atoms with Gasteiger partial charge in [-0.15, -0.1) is 0 Å². The summed E-state index contributed by atoms with van der Waals surface area (Å²) in [5.74, 6) is 2.04. The Bertz CT molecular complexity index is 674.